The second-order valence-electron chi connectivity index (χ2n) is 21.1. The van der Waals surface area contributed by atoms with Crippen LogP contribution in [-0.4, -0.2) is 137 Å². The molecular formula is C52H76N12O7. The van der Waals surface area contributed by atoms with Crippen LogP contribution in [0, 0.1) is 10.8 Å². The Morgan fingerprint density at radius 1 is 0.620 bits per heavy atom. The summed E-state index contributed by atoms with van der Waals surface area (Å²) in [6.07, 6.45) is 0.305. The van der Waals surface area contributed by atoms with Crippen LogP contribution in [-0.2, 0) is 28.8 Å². The van der Waals surface area contributed by atoms with Crippen LogP contribution in [0.2, 0.25) is 0 Å². The first-order valence-corrected chi connectivity index (χ1v) is 24.4. The van der Waals surface area contributed by atoms with E-state index >= 15 is 0 Å². The highest BCUT2D eigenvalue weighted by atomic mass is 16.2. The lowest BCUT2D eigenvalue weighted by atomic mass is 9.85. The summed E-state index contributed by atoms with van der Waals surface area (Å²) in [4.78, 5) is 100. The lowest BCUT2D eigenvalue weighted by Gasteiger charge is -2.36. The van der Waals surface area contributed by atoms with E-state index in [-0.39, 0.29) is 61.4 Å². The largest absolute Gasteiger partial charge is 0.379 e. The van der Waals surface area contributed by atoms with E-state index in [0.29, 0.717) is 11.4 Å². The second kappa shape index (κ2) is 23.5. The van der Waals surface area contributed by atoms with Gasteiger partial charge < -0.3 is 52.3 Å². The Balaban J connectivity index is 1.33. The zero-order valence-corrected chi connectivity index (χ0v) is 43.4. The minimum atomic E-state index is -0.990. The highest BCUT2D eigenvalue weighted by molar-refractivity contribution is 5.96. The molecule has 2 saturated heterocycles. The first-order chi connectivity index (χ1) is 33.3. The molecule has 0 bridgehead atoms. The lowest BCUT2D eigenvalue weighted by Crippen LogP contribution is -2.59. The predicted molar refractivity (Wildman–Crippen MR) is 272 cm³/mol. The minimum Gasteiger partial charge on any atom is -0.379 e. The normalized spacial score (nSPS) is 20.6. The fourth-order valence-electron chi connectivity index (χ4n) is 8.74. The molecule has 0 saturated carbocycles. The summed E-state index contributed by atoms with van der Waals surface area (Å²) >= 11 is 0. The van der Waals surface area contributed by atoms with Gasteiger partial charge in [0.1, 0.15) is 35.6 Å². The Kier molecular flexibility index (Phi) is 18.3. The number of likely N-dealkylation sites (tertiary alicyclic amines) is 2. The fourth-order valence-corrected chi connectivity index (χ4v) is 8.74. The van der Waals surface area contributed by atoms with Crippen LogP contribution >= 0.6 is 0 Å². The van der Waals surface area contributed by atoms with Crippen LogP contribution < -0.4 is 42.5 Å². The van der Waals surface area contributed by atoms with Crippen molar-refractivity contribution < 1.29 is 33.6 Å². The monoisotopic (exact) mass is 981 g/mol. The van der Waals surface area contributed by atoms with E-state index in [1.54, 1.807) is 27.9 Å². The van der Waals surface area contributed by atoms with Gasteiger partial charge in [-0.1, -0.05) is 109 Å². The number of amides is 7. The van der Waals surface area contributed by atoms with Crippen molar-refractivity contribution in [1.82, 2.24) is 62.5 Å². The number of nitrogens with one attached hydrogen (secondary N) is 9. The van der Waals surface area contributed by atoms with E-state index in [0.717, 1.165) is 11.1 Å². The molecule has 71 heavy (non-hydrogen) atoms. The van der Waals surface area contributed by atoms with Crippen molar-refractivity contribution in [2.24, 2.45) is 10.8 Å². The molecule has 9 N–H and O–H groups in total. The summed E-state index contributed by atoms with van der Waals surface area (Å²) in [5, 5.41) is 31.2. The number of aromatic amines is 1. The van der Waals surface area contributed by atoms with Crippen molar-refractivity contribution in [1.29, 1.82) is 0 Å². The number of carbonyl (C=O) groups is 7. The third kappa shape index (κ3) is 14.1. The average Bonchev–Trinajstić information content (AvgIpc) is 4.11. The van der Waals surface area contributed by atoms with Crippen molar-refractivity contribution in [3.63, 3.8) is 0 Å². The molecule has 2 aliphatic heterocycles. The average molecular weight is 981 g/mol. The van der Waals surface area contributed by atoms with Crippen molar-refractivity contribution in [3.8, 4) is 0 Å². The zero-order chi connectivity index (χ0) is 52.5. The number of aromatic nitrogens is 2. The van der Waals surface area contributed by atoms with Crippen molar-refractivity contribution >= 4 is 47.0 Å². The first kappa shape index (κ1) is 55.3. The third-order valence-corrected chi connectivity index (χ3v) is 13.4. The summed E-state index contributed by atoms with van der Waals surface area (Å²) in [6, 6.07) is 13.6. The topological polar surface area (TPSA) is 251 Å². The number of benzene rings is 2. The van der Waals surface area contributed by atoms with Gasteiger partial charge in [-0.2, -0.15) is 5.10 Å². The Labute approximate surface area is 418 Å². The molecule has 5 rings (SSSR count). The molecule has 2 fully saturated rings. The maximum atomic E-state index is 14.5. The number of hydrogen-bond donors (Lipinski definition) is 9. The summed E-state index contributed by atoms with van der Waals surface area (Å²) in [5.74, 6) is -2.89. The van der Waals surface area contributed by atoms with Gasteiger partial charge in [0.05, 0.1) is 29.9 Å². The van der Waals surface area contributed by atoms with Crippen LogP contribution in [0.25, 0.3) is 5.70 Å². The molecule has 3 heterocycles. The molecule has 19 heteroatoms. The maximum Gasteiger partial charge on any atom is 0.269 e. The maximum absolute atomic E-state index is 14.5. The quantitative estimate of drug-likeness (QED) is 0.0845. The smallest absolute Gasteiger partial charge is 0.269 e. The summed E-state index contributed by atoms with van der Waals surface area (Å²) < 4.78 is 0. The molecule has 386 valence electrons. The van der Waals surface area contributed by atoms with Crippen LogP contribution in [0.5, 0.6) is 0 Å². The van der Waals surface area contributed by atoms with Crippen molar-refractivity contribution in [2.45, 2.75) is 142 Å². The van der Waals surface area contributed by atoms with E-state index in [4.69, 9.17) is 0 Å². The molecule has 0 radical (unpaired) electrons. The highest BCUT2D eigenvalue weighted by Crippen LogP contribution is 2.30. The van der Waals surface area contributed by atoms with E-state index in [1.807, 2.05) is 116 Å². The second-order valence-corrected chi connectivity index (χ2v) is 21.1. The van der Waals surface area contributed by atoms with E-state index < -0.39 is 82.8 Å². The highest BCUT2D eigenvalue weighted by Gasteiger charge is 2.47. The fraction of sp³-hybridized carbons (Fsp3) is 0.538. The molecule has 2 aliphatic rings. The number of likely N-dealkylation sites (N-methyl/N-ethyl adjacent to an activating group) is 2. The Bertz CT molecular complexity index is 2220. The van der Waals surface area contributed by atoms with Gasteiger partial charge in [-0.05, 0) is 82.7 Å². The molecule has 19 nitrogen and oxygen atoms in total. The molecule has 10 atom stereocenters. The van der Waals surface area contributed by atoms with Gasteiger partial charge in [0.2, 0.25) is 35.4 Å². The number of nitrogens with zero attached hydrogens (tertiary/aromatic N) is 3. The Morgan fingerprint density at radius 3 is 1.39 bits per heavy atom. The molecule has 2 aromatic carbocycles. The standard InChI is InChI=1S/C52H76N12O7/c1-29(34-20-16-14-17-21-34)56-47(68)40-24-36(27-63(40)49(70)42(51(6,7)8)59-44(65)32(4)53-12)55-31(3)38-26-39(62-61-38)46(67)58-37-25-41(48(69)57-30(2)35-22-18-15-19-23-35)64(28-37)50(71)43(52(9,10)11)60-45(66)33(5)54-13/h14-23,26,29-30,32-33,36-37,40-43,53-55H,3,24-25,27-28H2,1-2,4-13H3,(H,56,68)(H,57,69)(H,58,67)(H,59,65)(H,60,66)(H,61,62)/t29-,30-,32+,33+,36+,37+,40+,41+,42-,43-/m1/s1. The molecular weight excluding hydrogens is 905 g/mol. The first-order valence-electron chi connectivity index (χ1n) is 24.4. The van der Waals surface area contributed by atoms with Crippen LogP contribution in [0.3, 0.4) is 0 Å². The molecule has 7 amide bonds. The lowest BCUT2D eigenvalue weighted by molar-refractivity contribution is -0.144. The van der Waals surface area contributed by atoms with Crippen LogP contribution in [0.1, 0.15) is 121 Å². The Hall–Kier alpha value is -6.60. The van der Waals surface area contributed by atoms with Gasteiger partial charge in [0.25, 0.3) is 5.91 Å². The minimum absolute atomic E-state index is 0.00823. The van der Waals surface area contributed by atoms with Gasteiger partial charge in [-0.3, -0.25) is 38.7 Å². The molecule has 0 spiro atoms. The van der Waals surface area contributed by atoms with Gasteiger partial charge in [0.15, 0.2) is 0 Å². The molecule has 0 unspecified atom stereocenters. The number of hydrogen-bond acceptors (Lipinski definition) is 11. The van der Waals surface area contributed by atoms with Crippen LogP contribution in [0.15, 0.2) is 73.3 Å². The van der Waals surface area contributed by atoms with Gasteiger partial charge in [0, 0.05) is 25.2 Å². The van der Waals surface area contributed by atoms with Gasteiger partial charge in [-0.25, -0.2) is 0 Å². The van der Waals surface area contributed by atoms with E-state index in [2.05, 4.69) is 59.3 Å². The molecule has 3 aromatic rings. The summed E-state index contributed by atoms with van der Waals surface area (Å²) in [7, 11) is 3.30. The summed E-state index contributed by atoms with van der Waals surface area (Å²) in [5.41, 5.74) is 1.03. The van der Waals surface area contributed by atoms with Gasteiger partial charge >= 0.3 is 0 Å². The summed E-state index contributed by atoms with van der Waals surface area (Å²) in [6.45, 7) is 22.5. The number of rotatable bonds is 19. The van der Waals surface area contributed by atoms with E-state index in [1.165, 1.54) is 15.9 Å². The SMILES string of the molecule is C=C(N[C@H]1C[C@@H](C(=O)N[C@H](C)c2ccccc2)N(C(=O)[C@@H](NC(=O)[C@H](C)NC)C(C)(C)C)C1)c1cc(C(=O)N[C@H]2C[C@@H](C(=O)N[C@H](C)c3ccccc3)N(C(=O)[C@@H](NC(=O)[C@H](C)NC)C(C)(C)C)C2)[nH]n1. The number of carbonyl (C=O) groups excluding carboxylic acids is 7. The van der Waals surface area contributed by atoms with E-state index in [9.17, 15) is 33.6 Å². The van der Waals surface area contributed by atoms with Crippen LogP contribution in [0.4, 0.5) is 0 Å². The molecule has 0 aliphatic carbocycles. The Morgan fingerprint density at radius 2 is 1.01 bits per heavy atom. The third-order valence-electron chi connectivity index (χ3n) is 13.4. The zero-order valence-electron chi connectivity index (χ0n) is 43.4. The molecule has 1 aromatic heterocycles. The predicted octanol–water partition coefficient (Wildman–Crippen LogP) is 2.67. The number of H-pyrrole nitrogens is 1. The van der Waals surface area contributed by atoms with Crippen molar-refractivity contribution in [2.75, 3.05) is 27.2 Å². The van der Waals surface area contributed by atoms with Gasteiger partial charge in [-0.15, -0.1) is 0 Å². The van der Waals surface area contributed by atoms with Crippen molar-refractivity contribution in [3.05, 3.63) is 95.8 Å².